The van der Waals surface area contributed by atoms with Crippen LogP contribution in [0.4, 0.5) is 0 Å². The van der Waals surface area contributed by atoms with Gasteiger partial charge in [0.15, 0.2) is 0 Å². The number of methoxy groups -OCH3 is 1. The van der Waals surface area contributed by atoms with Crippen LogP contribution in [-0.4, -0.2) is 31.0 Å². The number of hydrogen-bond acceptors (Lipinski definition) is 2. The number of halogens is 1. The number of nitrogens with one attached hydrogen (secondary N) is 1. The maximum absolute atomic E-state index is 12.1. The van der Waals surface area contributed by atoms with E-state index >= 15 is 0 Å². The topological polar surface area (TPSA) is 38.3 Å². The highest BCUT2D eigenvalue weighted by Crippen LogP contribution is 2.19. The Morgan fingerprint density at radius 3 is 2.61 bits per heavy atom. The summed E-state index contributed by atoms with van der Waals surface area (Å²) < 4.78 is 5.01. The number of alkyl halides is 1. The first-order valence-corrected chi connectivity index (χ1v) is 7.06. The molecule has 0 radical (unpaired) electrons. The minimum atomic E-state index is -0.0755. The lowest BCUT2D eigenvalue weighted by molar-refractivity contribution is -0.122. The third-order valence-corrected chi connectivity index (χ3v) is 3.36. The quantitative estimate of drug-likeness (QED) is 0.786. The molecule has 0 saturated heterocycles. The first-order valence-electron chi connectivity index (χ1n) is 6.14. The first-order chi connectivity index (χ1) is 8.69. The summed E-state index contributed by atoms with van der Waals surface area (Å²) in [6.45, 7) is 3.19. The second-order valence-electron chi connectivity index (χ2n) is 4.17. The molecule has 2 unspecified atom stereocenters. The van der Waals surface area contributed by atoms with Crippen LogP contribution in [0.25, 0.3) is 0 Å². The molecule has 4 heteroatoms. The third-order valence-electron chi connectivity index (χ3n) is 2.77. The van der Waals surface area contributed by atoms with Crippen molar-refractivity contribution in [2.45, 2.75) is 24.1 Å². The van der Waals surface area contributed by atoms with Crippen molar-refractivity contribution in [2.75, 3.05) is 20.3 Å². The van der Waals surface area contributed by atoms with Gasteiger partial charge in [-0.25, -0.2) is 0 Å². The summed E-state index contributed by atoms with van der Waals surface area (Å²) in [5, 5.41) is 2.95. The molecule has 1 aromatic carbocycles. The number of hydrogen-bond donors (Lipinski definition) is 1. The second kappa shape index (κ2) is 8.27. The van der Waals surface area contributed by atoms with Crippen LogP contribution >= 0.6 is 15.9 Å². The molecule has 0 fully saturated rings. The monoisotopic (exact) mass is 313 g/mol. The van der Waals surface area contributed by atoms with Gasteiger partial charge in [0.25, 0.3) is 0 Å². The van der Waals surface area contributed by atoms with Crippen molar-refractivity contribution < 1.29 is 9.53 Å². The van der Waals surface area contributed by atoms with E-state index in [0.29, 0.717) is 13.2 Å². The largest absolute Gasteiger partial charge is 0.383 e. The fourth-order valence-electron chi connectivity index (χ4n) is 1.83. The highest BCUT2D eigenvalue weighted by Gasteiger charge is 2.18. The maximum Gasteiger partial charge on any atom is 0.227 e. The van der Waals surface area contributed by atoms with Gasteiger partial charge in [0.2, 0.25) is 5.91 Å². The summed E-state index contributed by atoms with van der Waals surface area (Å²) in [5.74, 6) is -0.00213. The SMILES string of the molecule is CCC(C(=O)NCC(Br)COC)c1ccccc1. The lowest BCUT2D eigenvalue weighted by atomic mass is 9.96. The van der Waals surface area contributed by atoms with Crippen molar-refractivity contribution in [3.8, 4) is 0 Å². The molecule has 0 saturated carbocycles. The Kier molecular flexibility index (Phi) is 6.98. The van der Waals surface area contributed by atoms with Crippen LogP contribution in [-0.2, 0) is 9.53 Å². The van der Waals surface area contributed by atoms with E-state index < -0.39 is 0 Å². The zero-order chi connectivity index (χ0) is 13.4. The Hall–Kier alpha value is -0.870. The van der Waals surface area contributed by atoms with Gasteiger partial charge in [0.1, 0.15) is 0 Å². The Morgan fingerprint density at radius 2 is 2.06 bits per heavy atom. The van der Waals surface area contributed by atoms with Crippen molar-refractivity contribution in [3.63, 3.8) is 0 Å². The molecule has 0 aliphatic carbocycles. The van der Waals surface area contributed by atoms with Gasteiger partial charge in [-0.3, -0.25) is 4.79 Å². The van der Waals surface area contributed by atoms with Gasteiger partial charge in [0, 0.05) is 13.7 Å². The fraction of sp³-hybridized carbons (Fsp3) is 0.500. The number of ether oxygens (including phenoxy) is 1. The second-order valence-corrected chi connectivity index (χ2v) is 5.46. The van der Waals surface area contributed by atoms with Gasteiger partial charge in [-0.1, -0.05) is 53.2 Å². The average molecular weight is 314 g/mol. The van der Waals surface area contributed by atoms with Crippen LogP contribution in [0.15, 0.2) is 30.3 Å². The highest BCUT2D eigenvalue weighted by molar-refractivity contribution is 9.09. The molecule has 0 aromatic heterocycles. The summed E-state index contributed by atoms with van der Waals surface area (Å²) in [6.07, 6.45) is 0.799. The number of amides is 1. The molecule has 2 atom stereocenters. The molecule has 1 aromatic rings. The molecule has 0 heterocycles. The Balaban J connectivity index is 2.53. The predicted octanol–water partition coefficient (Wildman–Crippen LogP) is 2.71. The average Bonchev–Trinajstić information content (AvgIpc) is 2.39. The zero-order valence-corrected chi connectivity index (χ0v) is 12.4. The van der Waals surface area contributed by atoms with E-state index in [1.165, 1.54) is 0 Å². The van der Waals surface area contributed by atoms with Gasteiger partial charge < -0.3 is 10.1 Å². The fourth-order valence-corrected chi connectivity index (χ4v) is 2.26. The molecule has 0 spiro atoms. The summed E-state index contributed by atoms with van der Waals surface area (Å²) >= 11 is 3.45. The number of carbonyl (C=O) groups excluding carboxylic acids is 1. The minimum absolute atomic E-state index is 0.0734. The molecular formula is C14H20BrNO2. The molecule has 100 valence electrons. The third kappa shape index (κ3) is 4.78. The van der Waals surface area contributed by atoms with Crippen LogP contribution in [0.3, 0.4) is 0 Å². The van der Waals surface area contributed by atoms with Crippen LogP contribution in [0.2, 0.25) is 0 Å². The number of benzene rings is 1. The number of carbonyl (C=O) groups is 1. The van der Waals surface area contributed by atoms with E-state index in [1.54, 1.807) is 7.11 Å². The van der Waals surface area contributed by atoms with Crippen molar-refractivity contribution in [2.24, 2.45) is 0 Å². The van der Waals surface area contributed by atoms with Crippen LogP contribution in [0.1, 0.15) is 24.8 Å². The van der Waals surface area contributed by atoms with E-state index in [0.717, 1.165) is 12.0 Å². The normalized spacial score (nSPS) is 13.9. The molecule has 18 heavy (non-hydrogen) atoms. The van der Waals surface area contributed by atoms with Crippen LogP contribution in [0.5, 0.6) is 0 Å². The summed E-state index contributed by atoms with van der Waals surface area (Å²) in [6, 6.07) is 9.87. The standard InChI is InChI=1S/C14H20BrNO2/c1-3-13(11-7-5-4-6-8-11)14(17)16-9-12(15)10-18-2/h4-8,12-13H,3,9-10H2,1-2H3,(H,16,17). The zero-order valence-electron chi connectivity index (χ0n) is 10.9. The van der Waals surface area contributed by atoms with Crippen LogP contribution in [0, 0.1) is 0 Å². The Labute approximate surface area is 117 Å². The summed E-state index contributed by atoms with van der Waals surface area (Å²) in [7, 11) is 1.65. The van der Waals surface area contributed by atoms with E-state index in [-0.39, 0.29) is 16.7 Å². The molecule has 0 bridgehead atoms. The van der Waals surface area contributed by atoms with Crippen molar-refractivity contribution in [3.05, 3.63) is 35.9 Å². The smallest absolute Gasteiger partial charge is 0.227 e. The molecule has 0 aliphatic heterocycles. The van der Waals surface area contributed by atoms with Gasteiger partial charge in [-0.15, -0.1) is 0 Å². The van der Waals surface area contributed by atoms with E-state index in [1.807, 2.05) is 37.3 Å². The molecule has 0 aliphatic rings. The molecule has 3 nitrogen and oxygen atoms in total. The highest BCUT2D eigenvalue weighted by atomic mass is 79.9. The summed E-state index contributed by atoms with van der Waals surface area (Å²) in [4.78, 5) is 12.3. The maximum atomic E-state index is 12.1. The molecule has 1 N–H and O–H groups in total. The van der Waals surface area contributed by atoms with E-state index in [4.69, 9.17) is 4.74 Å². The van der Waals surface area contributed by atoms with Gasteiger partial charge in [-0.2, -0.15) is 0 Å². The lowest BCUT2D eigenvalue weighted by Gasteiger charge is -2.17. The van der Waals surface area contributed by atoms with Gasteiger partial charge >= 0.3 is 0 Å². The van der Waals surface area contributed by atoms with Crippen molar-refractivity contribution in [1.29, 1.82) is 0 Å². The minimum Gasteiger partial charge on any atom is -0.383 e. The van der Waals surface area contributed by atoms with Gasteiger partial charge in [-0.05, 0) is 12.0 Å². The van der Waals surface area contributed by atoms with Gasteiger partial charge in [0.05, 0.1) is 17.4 Å². The Morgan fingerprint density at radius 1 is 1.39 bits per heavy atom. The van der Waals surface area contributed by atoms with Crippen LogP contribution < -0.4 is 5.32 Å². The lowest BCUT2D eigenvalue weighted by Crippen LogP contribution is -2.34. The predicted molar refractivity (Wildman–Crippen MR) is 77.1 cm³/mol. The molecule has 1 amide bonds. The number of rotatable bonds is 7. The summed E-state index contributed by atoms with van der Waals surface area (Å²) in [5.41, 5.74) is 1.07. The first kappa shape index (κ1) is 15.2. The van der Waals surface area contributed by atoms with Crippen molar-refractivity contribution in [1.82, 2.24) is 5.32 Å². The van der Waals surface area contributed by atoms with Crippen molar-refractivity contribution >= 4 is 21.8 Å². The van der Waals surface area contributed by atoms with E-state index in [2.05, 4.69) is 21.2 Å². The molecular weight excluding hydrogens is 294 g/mol. The van der Waals surface area contributed by atoms with E-state index in [9.17, 15) is 4.79 Å². The Bertz CT molecular complexity index is 356. The molecule has 1 rings (SSSR count).